The summed E-state index contributed by atoms with van der Waals surface area (Å²) in [5.41, 5.74) is 0.763. The molecule has 0 radical (unpaired) electrons. The van der Waals surface area contributed by atoms with Crippen LogP contribution < -0.4 is 5.32 Å². The number of fused-ring (bicyclic) bond motifs is 1. The standard InChI is InChI=1S/C28H43NO2/c1-4-8-23-22(20-13-16-27(2,31)17-14-20)15-18-28(3)24(23)11-12-25(28)26(30)19-29-21-9-6-5-7-10-21/h5-7,9-10,20,22-25,29,31H,4,8,11-19H2,1-3H3/t20?,22-,23-,24+,25-,27?,28+/m1/s1. The summed E-state index contributed by atoms with van der Waals surface area (Å²) in [7, 11) is 0. The first-order valence-electron chi connectivity index (χ1n) is 12.9. The zero-order chi connectivity index (χ0) is 22.1. The number of Topliss-reactive ketones (excluding diaryl/α,β-unsaturated/α-hetero) is 1. The fraction of sp³-hybridized carbons (Fsp3) is 0.750. The second-order valence-corrected chi connectivity index (χ2v) is 11.4. The highest BCUT2D eigenvalue weighted by Gasteiger charge is 2.56. The van der Waals surface area contributed by atoms with Crippen LogP contribution in [0, 0.1) is 35.0 Å². The van der Waals surface area contributed by atoms with Gasteiger partial charge in [-0.05, 0) is 99.5 Å². The molecule has 0 amide bonds. The fourth-order valence-corrected chi connectivity index (χ4v) is 7.74. The Kier molecular flexibility index (Phi) is 6.82. The zero-order valence-corrected chi connectivity index (χ0v) is 19.9. The summed E-state index contributed by atoms with van der Waals surface area (Å²) in [6.07, 6.45) is 11.6. The van der Waals surface area contributed by atoms with Crippen molar-refractivity contribution in [1.82, 2.24) is 0 Å². The van der Waals surface area contributed by atoms with Gasteiger partial charge in [0.05, 0.1) is 12.1 Å². The molecule has 3 heteroatoms. The van der Waals surface area contributed by atoms with Gasteiger partial charge in [-0.1, -0.05) is 44.9 Å². The Bertz CT molecular complexity index is 735. The lowest BCUT2D eigenvalue weighted by molar-refractivity contribution is -0.127. The van der Waals surface area contributed by atoms with Gasteiger partial charge in [0.2, 0.25) is 0 Å². The van der Waals surface area contributed by atoms with Crippen LogP contribution in [0.2, 0.25) is 0 Å². The number of carbonyl (C=O) groups is 1. The van der Waals surface area contributed by atoms with Gasteiger partial charge in [-0.3, -0.25) is 4.79 Å². The number of hydrogen-bond donors (Lipinski definition) is 2. The quantitative estimate of drug-likeness (QED) is 0.526. The highest BCUT2D eigenvalue weighted by atomic mass is 16.3. The van der Waals surface area contributed by atoms with Crippen molar-refractivity contribution in [2.45, 2.75) is 90.6 Å². The van der Waals surface area contributed by atoms with Crippen LogP contribution in [0.1, 0.15) is 85.0 Å². The van der Waals surface area contributed by atoms with E-state index in [-0.39, 0.29) is 11.3 Å². The largest absolute Gasteiger partial charge is 0.390 e. The molecule has 0 heterocycles. The molecule has 0 aromatic heterocycles. The van der Waals surface area contributed by atoms with Crippen molar-refractivity contribution in [1.29, 1.82) is 0 Å². The molecule has 31 heavy (non-hydrogen) atoms. The predicted octanol–water partition coefficient (Wildman–Crippen LogP) is 6.47. The highest BCUT2D eigenvalue weighted by Crippen LogP contribution is 2.62. The predicted molar refractivity (Wildman–Crippen MR) is 128 cm³/mol. The molecule has 0 bridgehead atoms. The molecule has 3 fully saturated rings. The molecule has 0 unspecified atom stereocenters. The van der Waals surface area contributed by atoms with Crippen molar-refractivity contribution >= 4 is 11.5 Å². The third-order valence-electron chi connectivity index (χ3n) is 9.46. The van der Waals surface area contributed by atoms with Gasteiger partial charge in [-0.15, -0.1) is 0 Å². The molecule has 5 atom stereocenters. The lowest BCUT2D eigenvalue weighted by Crippen LogP contribution is -2.46. The number of ketones is 1. The maximum absolute atomic E-state index is 13.3. The van der Waals surface area contributed by atoms with E-state index in [4.69, 9.17) is 0 Å². The average molecular weight is 426 g/mol. The average Bonchev–Trinajstić information content (AvgIpc) is 3.11. The topological polar surface area (TPSA) is 49.3 Å². The molecule has 172 valence electrons. The van der Waals surface area contributed by atoms with E-state index in [0.29, 0.717) is 18.2 Å². The molecular weight excluding hydrogens is 382 g/mol. The number of benzene rings is 1. The first kappa shape index (κ1) is 22.8. The third kappa shape index (κ3) is 4.72. The van der Waals surface area contributed by atoms with E-state index in [1.54, 1.807) is 0 Å². The fourth-order valence-electron chi connectivity index (χ4n) is 7.74. The number of para-hydroxylation sites is 1. The van der Waals surface area contributed by atoms with E-state index in [1.165, 1.54) is 44.9 Å². The van der Waals surface area contributed by atoms with Crippen molar-refractivity contribution in [2.24, 2.45) is 35.0 Å². The minimum Gasteiger partial charge on any atom is -0.390 e. The van der Waals surface area contributed by atoms with Gasteiger partial charge in [-0.25, -0.2) is 0 Å². The number of hydrogen-bond acceptors (Lipinski definition) is 3. The lowest BCUT2D eigenvalue weighted by Gasteiger charge is -2.52. The van der Waals surface area contributed by atoms with Crippen LogP contribution in [0.25, 0.3) is 0 Å². The molecule has 3 saturated carbocycles. The van der Waals surface area contributed by atoms with E-state index < -0.39 is 5.60 Å². The van der Waals surface area contributed by atoms with Gasteiger partial charge in [0.1, 0.15) is 0 Å². The van der Waals surface area contributed by atoms with Gasteiger partial charge in [0.25, 0.3) is 0 Å². The van der Waals surface area contributed by atoms with E-state index in [0.717, 1.165) is 42.7 Å². The minimum atomic E-state index is -0.448. The van der Waals surface area contributed by atoms with Crippen LogP contribution in [0.4, 0.5) is 5.69 Å². The Morgan fingerprint density at radius 2 is 1.74 bits per heavy atom. The van der Waals surface area contributed by atoms with Crippen LogP contribution in [0.5, 0.6) is 0 Å². The van der Waals surface area contributed by atoms with Gasteiger partial charge < -0.3 is 10.4 Å². The second-order valence-electron chi connectivity index (χ2n) is 11.4. The third-order valence-corrected chi connectivity index (χ3v) is 9.46. The normalized spacial score (nSPS) is 40.3. The molecule has 4 rings (SSSR count). The maximum atomic E-state index is 13.3. The first-order valence-corrected chi connectivity index (χ1v) is 12.9. The molecule has 0 aliphatic heterocycles. The molecule has 0 saturated heterocycles. The van der Waals surface area contributed by atoms with Crippen molar-refractivity contribution in [3.8, 4) is 0 Å². The second kappa shape index (κ2) is 9.25. The van der Waals surface area contributed by atoms with Gasteiger partial charge in [0.15, 0.2) is 5.78 Å². The van der Waals surface area contributed by atoms with Crippen LogP contribution in [-0.4, -0.2) is 23.0 Å². The highest BCUT2D eigenvalue weighted by molar-refractivity contribution is 5.86. The van der Waals surface area contributed by atoms with E-state index in [1.807, 2.05) is 37.3 Å². The molecule has 3 aliphatic rings. The Labute approximate surface area is 189 Å². The Morgan fingerprint density at radius 1 is 1.03 bits per heavy atom. The summed E-state index contributed by atoms with van der Waals surface area (Å²) in [4.78, 5) is 13.3. The number of anilines is 1. The van der Waals surface area contributed by atoms with Crippen LogP contribution in [-0.2, 0) is 4.79 Å². The molecular formula is C28H43NO2. The zero-order valence-electron chi connectivity index (χ0n) is 19.9. The first-order chi connectivity index (χ1) is 14.8. The molecule has 0 spiro atoms. The Balaban J connectivity index is 1.44. The minimum absolute atomic E-state index is 0.173. The molecule has 3 aliphatic carbocycles. The monoisotopic (exact) mass is 425 g/mol. The van der Waals surface area contributed by atoms with Crippen LogP contribution >= 0.6 is 0 Å². The summed E-state index contributed by atoms with van der Waals surface area (Å²) in [5.74, 6) is 3.65. The maximum Gasteiger partial charge on any atom is 0.155 e. The van der Waals surface area contributed by atoms with E-state index >= 15 is 0 Å². The lowest BCUT2D eigenvalue weighted by atomic mass is 9.53. The Hall–Kier alpha value is -1.35. The number of nitrogens with one attached hydrogen (secondary N) is 1. The van der Waals surface area contributed by atoms with Crippen molar-refractivity contribution in [2.75, 3.05) is 11.9 Å². The van der Waals surface area contributed by atoms with Crippen molar-refractivity contribution in [3.05, 3.63) is 30.3 Å². The molecule has 3 nitrogen and oxygen atoms in total. The molecule has 1 aromatic carbocycles. The summed E-state index contributed by atoms with van der Waals surface area (Å²) in [6.45, 7) is 7.24. The summed E-state index contributed by atoms with van der Waals surface area (Å²) < 4.78 is 0. The van der Waals surface area contributed by atoms with Crippen molar-refractivity contribution < 1.29 is 9.90 Å². The van der Waals surface area contributed by atoms with Crippen LogP contribution in [0.15, 0.2) is 30.3 Å². The molecule has 2 N–H and O–H groups in total. The number of carbonyl (C=O) groups excluding carboxylic acids is 1. The molecule has 1 aromatic rings. The van der Waals surface area contributed by atoms with Crippen molar-refractivity contribution in [3.63, 3.8) is 0 Å². The van der Waals surface area contributed by atoms with Gasteiger partial charge in [-0.2, -0.15) is 0 Å². The summed E-state index contributed by atoms with van der Waals surface area (Å²) in [6, 6.07) is 10.1. The van der Waals surface area contributed by atoms with E-state index in [2.05, 4.69) is 19.2 Å². The number of aliphatic hydroxyl groups is 1. The van der Waals surface area contributed by atoms with Gasteiger partial charge >= 0.3 is 0 Å². The Morgan fingerprint density at radius 3 is 2.42 bits per heavy atom. The SMILES string of the molecule is CCC[C@@H]1[C@@H](C2CCC(C)(O)CC2)CC[C@]2(C)[C@@H](C(=O)CNc3ccccc3)CC[C@@H]12. The smallest absolute Gasteiger partial charge is 0.155 e. The van der Waals surface area contributed by atoms with Crippen LogP contribution in [0.3, 0.4) is 0 Å². The van der Waals surface area contributed by atoms with Gasteiger partial charge in [0, 0.05) is 11.6 Å². The summed E-state index contributed by atoms with van der Waals surface area (Å²) >= 11 is 0. The number of rotatable bonds is 7. The van der Waals surface area contributed by atoms with E-state index in [9.17, 15) is 9.90 Å². The summed E-state index contributed by atoms with van der Waals surface area (Å²) in [5, 5.41) is 13.8.